The minimum absolute atomic E-state index is 0.137. The van der Waals surface area contributed by atoms with Gasteiger partial charge in [0, 0.05) is 21.5 Å². The van der Waals surface area contributed by atoms with Gasteiger partial charge in [0.15, 0.2) is 0 Å². The molecule has 0 bridgehead atoms. The fourth-order valence-electron chi connectivity index (χ4n) is 2.51. The van der Waals surface area contributed by atoms with E-state index in [9.17, 15) is 4.79 Å². The van der Waals surface area contributed by atoms with E-state index in [-0.39, 0.29) is 17.2 Å². The molecule has 19 heavy (non-hydrogen) atoms. The SMILES string of the molecule is CC1(C)CC1C(=O)Nc1ccc(Br)c2ccccc12. The molecular weight excluding hydrogens is 302 g/mol. The highest BCUT2D eigenvalue weighted by atomic mass is 79.9. The van der Waals surface area contributed by atoms with Gasteiger partial charge in [0.25, 0.3) is 0 Å². The number of hydrogen-bond donors (Lipinski definition) is 1. The lowest BCUT2D eigenvalue weighted by molar-refractivity contribution is -0.117. The number of carbonyl (C=O) groups excluding carboxylic acids is 1. The Labute approximate surface area is 121 Å². The molecule has 3 rings (SSSR count). The highest BCUT2D eigenvalue weighted by molar-refractivity contribution is 9.10. The molecule has 0 spiro atoms. The Balaban J connectivity index is 1.94. The summed E-state index contributed by atoms with van der Waals surface area (Å²) in [6.07, 6.45) is 0.979. The Hall–Kier alpha value is -1.35. The molecule has 1 amide bonds. The van der Waals surface area contributed by atoms with Crippen LogP contribution in [0, 0.1) is 11.3 Å². The Morgan fingerprint density at radius 2 is 1.84 bits per heavy atom. The van der Waals surface area contributed by atoms with E-state index >= 15 is 0 Å². The molecule has 3 heteroatoms. The van der Waals surface area contributed by atoms with Gasteiger partial charge in [-0.25, -0.2) is 0 Å². The number of fused-ring (bicyclic) bond motifs is 1. The summed E-state index contributed by atoms with van der Waals surface area (Å²) in [4.78, 5) is 12.2. The molecule has 1 atom stereocenters. The quantitative estimate of drug-likeness (QED) is 0.862. The van der Waals surface area contributed by atoms with Crippen LogP contribution in [-0.2, 0) is 4.79 Å². The fourth-order valence-corrected chi connectivity index (χ4v) is 2.98. The van der Waals surface area contributed by atoms with Crippen LogP contribution < -0.4 is 5.32 Å². The van der Waals surface area contributed by atoms with Gasteiger partial charge in [0.05, 0.1) is 0 Å². The highest BCUT2D eigenvalue weighted by Crippen LogP contribution is 2.52. The highest BCUT2D eigenvalue weighted by Gasteiger charge is 2.50. The number of rotatable bonds is 2. The van der Waals surface area contributed by atoms with Gasteiger partial charge in [-0.2, -0.15) is 0 Å². The number of carbonyl (C=O) groups is 1. The maximum Gasteiger partial charge on any atom is 0.228 e. The van der Waals surface area contributed by atoms with E-state index in [2.05, 4.69) is 41.2 Å². The van der Waals surface area contributed by atoms with E-state index in [1.54, 1.807) is 0 Å². The predicted octanol–water partition coefficient (Wildman–Crippen LogP) is 4.59. The van der Waals surface area contributed by atoms with Gasteiger partial charge in [-0.1, -0.05) is 54.0 Å². The summed E-state index contributed by atoms with van der Waals surface area (Å²) >= 11 is 3.54. The van der Waals surface area contributed by atoms with Crippen molar-refractivity contribution in [2.24, 2.45) is 11.3 Å². The monoisotopic (exact) mass is 317 g/mol. The third-order valence-electron chi connectivity index (χ3n) is 3.96. The van der Waals surface area contributed by atoms with Crippen molar-refractivity contribution in [3.05, 3.63) is 40.9 Å². The van der Waals surface area contributed by atoms with Crippen LogP contribution in [0.5, 0.6) is 0 Å². The molecule has 1 saturated carbocycles. The van der Waals surface area contributed by atoms with E-state index in [1.165, 1.54) is 0 Å². The standard InChI is InChI=1S/C16H16BrNO/c1-16(2)9-12(16)15(19)18-14-8-7-13(17)10-5-3-4-6-11(10)14/h3-8,12H,9H2,1-2H3,(H,18,19). The molecule has 0 heterocycles. The number of halogens is 1. The van der Waals surface area contributed by atoms with Crippen LogP contribution >= 0.6 is 15.9 Å². The number of hydrogen-bond acceptors (Lipinski definition) is 1. The van der Waals surface area contributed by atoms with E-state index in [0.717, 1.165) is 27.4 Å². The van der Waals surface area contributed by atoms with Crippen LogP contribution in [0.2, 0.25) is 0 Å². The Bertz CT molecular complexity index is 663. The first-order valence-electron chi connectivity index (χ1n) is 6.47. The maximum atomic E-state index is 12.2. The molecule has 1 fully saturated rings. The second kappa shape index (κ2) is 4.34. The third kappa shape index (κ3) is 2.27. The van der Waals surface area contributed by atoms with Crippen LogP contribution in [0.4, 0.5) is 5.69 Å². The first-order valence-corrected chi connectivity index (χ1v) is 7.26. The minimum Gasteiger partial charge on any atom is -0.325 e. The zero-order chi connectivity index (χ0) is 13.6. The lowest BCUT2D eigenvalue weighted by atomic mass is 10.1. The molecule has 1 unspecified atom stereocenters. The lowest BCUT2D eigenvalue weighted by Crippen LogP contribution is -2.16. The number of benzene rings is 2. The van der Waals surface area contributed by atoms with Gasteiger partial charge < -0.3 is 5.32 Å². The average molecular weight is 318 g/mol. The second-order valence-electron chi connectivity index (χ2n) is 5.88. The van der Waals surface area contributed by atoms with Crippen molar-refractivity contribution in [2.75, 3.05) is 5.32 Å². The smallest absolute Gasteiger partial charge is 0.228 e. The van der Waals surface area contributed by atoms with Crippen molar-refractivity contribution < 1.29 is 4.79 Å². The van der Waals surface area contributed by atoms with E-state index in [4.69, 9.17) is 0 Å². The Morgan fingerprint density at radius 1 is 1.21 bits per heavy atom. The summed E-state index contributed by atoms with van der Waals surface area (Å²) in [5, 5.41) is 5.26. The zero-order valence-electron chi connectivity index (χ0n) is 11.0. The number of anilines is 1. The third-order valence-corrected chi connectivity index (χ3v) is 4.65. The molecule has 0 aromatic heterocycles. The van der Waals surface area contributed by atoms with Crippen molar-refractivity contribution in [1.29, 1.82) is 0 Å². The fraction of sp³-hybridized carbons (Fsp3) is 0.312. The molecule has 2 aromatic carbocycles. The van der Waals surface area contributed by atoms with Crippen LogP contribution in [0.3, 0.4) is 0 Å². The van der Waals surface area contributed by atoms with Gasteiger partial charge in [-0.05, 0) is 29.4 Å². The van der Waals surface area contributed by atoms with Crippen molar-refractivity contribution >= 4 is 38.3 Å². The molecule has 2 aromatic rings. The van der Waals surface area contributed by atoms with Crippen LogP contribution in [-0.4, -0.2) is 5.91 Å². The predicted molar refractivity (Wildman–Crippen MR) is 82.2 cm³/mol. The Kier molecular flexibility index (Phi) is 2.90. The van der Waals surface area contributed by atoms with Crippen molar-refractivity contribution in [1.82, 2.24) is 0 Å². The summed E-state index contributed by atoms with van der Waals surface area (Å²) in [6.45, 7) is 4.27. The zero-order valence-corrected chi connectivity index (χ0v) is 12.6. The van der Waals surface area contributed by atoms with Gasteiger partial charge >= 0.3 is 0 Å². The summed E-state index contributed by atoms with van der Waals surface area (Å²) in [7, 11) is 0. The Morgan fingerprint density at radius 3 is 2.47 bits per heavy atom. The molecular formula is C16H16BrNO. The van der Waals surface area contributed by atoms with Gasteiger partial charge in [-0.3, -0.25) is 4.79 Å². The first-order chi connectivity index (χ1) is 8.99. The van der Waals surface area contributed by atoms with Gasteiger partial charge in [0.2, 0.25) is 5.91 Å². The summed E-state index contributed by atoms with van der Waals surface area (Å²) in [6, 6.07) is 12.0. The molecule has 0 radical (unpaired) electrons. The largest absolute Gasteiger partial charge is 0.325 e. The molecule has 1 aliphatic rings. The molecule has 0 aliphatic heterocycles. The molecule has 1 N–H and O–H groups in total. The van der Waals surface area contributed by atoms with Crippen molar-refractivity contribution in [2.45, 2.75) is 20.3 Å². The first kappa shape index (κ1) is 12.7. The second-order valence-corrected chi connectivity index (χ2v) is 6.73. The van der Waals surface area contributed by atoms with E-state index < -0.39 is 0 Å². The van der Waals surface area contributed by atoms with Crippen LogP contribution in [0.1, 0.15) is 20.3 Å². The van der Waals surface area contributed by atoms with E-state index in [0.29, 0.717) is 0 Å². The van der Waals surface area contributed by atoms with Gasteiger partial charge in [-0.15, -0.1) is 0 Å². The van der Waals surface area contributed by atoms with Crippen molar-refractivity contribution in [3.8, 4) is 0 Å². The molecule has 1 aliphatic carbocycles. The summed E-state index contributed by atoms with van der Waals surface area (Å²) in [5.74, 6) is 0.285. The molecule has 2 nitrogen and oxygen atoms in total. The molecule has 98 valence electrons. The number of amides is 1. The van der Waals surface area contributed by atoms with Crippen LogP contribution in [0.25, 0.3) is 10.8 Å². The van der Waals surface area contributed by atoms with Crippen molar-refractivity contribution in [3.63, 3.8) is 0 Å². The lowest BCUT2D eigenvalue weighted by Gasteiger charge is -2.10. The maximum absolute atomic E-state index is 12.2. The summed E-state index contributed by atoms with van der Waals surface area (Å²) in [5.41, 5.74) is 1.06. The number of nitrogens with one attached hydrogen (secondary N) is 1. The minimum atomic E-state index is 0.137. The van der Waals surface area contributed by atoms with Crippen LogP contribution in [0.15, 0.2) is 40.9 Å². The average Bonchev–Trinajstić information content (AvgIpc) is 3.02. The van der Waals surface area contributed by atoms with E-state index in [1.807, 2.05) is 30.3 Å². The normalized spacial score (nSPS) is 20.3. The van der Waals surface area contributed by atoms with Gasteiger partial charge in [0.1, 0.15) is 0 Å². The topological polar surface area (TPSA) is 29.1 Å². The summed E-state index contributed by atoms with van der Waals surface area (Å²) < 4.78 is 1.05. The molecule has 0 saturated heterocycles.